The smallest absolute Gasteiger partial charge is 0.321 e. The van der Waals surface area contributed by atoms with Gasteiger partial charge >= 0.3 is 6.03 Å². The van der Waals surface area contributed by atoms with Crippen LogP contribution >= 0.6 is 22.7 Å². The van der Waals surface area contributed by atoms with E-state index in [4.69, 9.17) is 0 Å². The number of carbonyl (C=O) groups excluding carboxylic acids is 1. The maximum Gasteiger partial charge on any atom is 0.321 e. The lowest BCUT2D eigenvalue weighted by Crippen LogP contribution is -2.28. The number of urea groups is 1. The first-order valence-electron chi connectivity index (χ1n) is 6.13. The standard InChI is InChI=1S/C12H12N6OS2/c1-8-5-14-12(21-8)15-11(19)13-6-9-7-18(17-16-9)10-3-2-4-20-10/h2-5,7H,6H2,1H3,(H2,13,14,15,19). The third-order valence-electron chi connectivity index (χ3n) is 2.54. The molecule has 7 nitrogen and oxygen atoms in total. The van der Waals surface area contributed by atoms with Gasteiger partial charge in [0.1, 0.15) is 10.7 Å². The highest BCUT2D eigenvalue weighted by Gasteiger charge is 2.07. The molecule has 0 unspecified atom stereocenters. The minimum atomic E-state index is -0.310. The van der Waals surface area contributed by atoms with Crippen LogP contribution < -0.4 is 10.6 Å². The Labute approximate surface area is 128 Å². The molecule has 9 heteroatoms. The molecule has 3 aromatic heterocycles. The van der Waals surface area contributed by atoms with Crippen molar-refractivity contribution < 1.29 is 4.79 Å². The average Bonchev–Trinajstić information content (AvgIpc) is 3.17. The van der Waals surface area contributed by atoms with Crippen molar-refractivity contribution in [3.8, 4) is 5.00 Å². The molecule has 0 spiro atoms. The summed E-state index contributed by atoms with van der Waals surface area (Å²) in [5.74, 6) is 0. The number of rotatable bonds is 4. The van der Waals surface area contributed by atoms with Crippen LogP contribution in [0.5, 0.6) is 0 Å². The number of thiazole rings is 1. The molecular weight excluding hydrogens is 308 g/mol. The maximum atomic E-state index is 11.7. The number of nitrogens with one attached hydrogen (secondary N) is 2. The minimum Gasteiger partial charge on any atom is -0.332 e. The molecule has 0 aromatic carbocycles. The van der Waals surface area contributed by atoms with E-state index in [1.807, 2.05) is 24.4 Å². The van der Waals surface area contributed by atoms with Crippen molar-refractivity contribution in [3.63, 3.8) is 0 Å². The van der Waals surface area contributed by atoms with E-state index in [1.165, 1.54) is 11.3 Å². The first kappa shape index (κ1) is 13.7. The van der Waals surface area contributed by atoms with Gasteiger partial charge in [0.25, 0.3) is 0 Å². The largest absolute Gasteiger partial charge is 0.332 e. The normalized spacial score (nSPS) is 10.5. The molecule has 2 N–H and O–H groups in total. The Hall–Kier alpha value is -2.26. The van der Waals surface area contributed by atoms with Crippen LogP contribution in [0.1, 0.15) is 10.6 Å². The zero-order valence-electron chi connectivity index (χ0n) is 11.1. The number of nitrogens with zero attached hydrogens (tertiary/aromatic N) is 4. The second-order valence-electron chi connectivity index (χ2n) is 4.19. The fourth-order valence-electron chi connectivity index (χ4n) is 1.61. The van der Waals surface area contributed by atoms with Crippen molar-refractivity contribution in [1.29, 1.82) is 0 Å². The lowest BCUT2D eigenvalue weighted by molar-refractivity contribution is 0.251. The summed E-state index contributed by atoms with van der Waals surface area (Å²) in [7, 11) is 0. The number of aromatic nitrogens is 4. The average molecular weight is 320 g/mol. The second-order valence-corrected chi connectivity index (χ2v) is 6.35. The van der Waals surface area contributed by atoms with Crippen LogP contribution in [-0.4, -0.2) is 26.0 Å². The van der Waals surface area contributed by atoms with Crippen LogP contribution in [-0.2, 0) is 6.54 Å². The van der Waals surface area contributed by atoms with Crippen LogP contribution in [0.2, 0.25) is 0 Å². The third kappa shape index (κ3) is 3.44. The Balaban J connectivity index is 1.54. The SMILES string of the molecule is Cc1cnc(NC(=O)NCc2cn(-c3cccs3)nn2)s1. The van der Waals surface area contributed by atoms with Gasteiger partial charge in [0.15, 0.2) is 5.13 Å². The molecule has 3 rings (SSSR count). The van der Waals surface area contributed by atoms with E-state index in [0.29, 0.717) is 17.4 Å². The number of amides is 2. The number of aryl methyl sites for hydroxylation is 1. The zero-order chi connectivity index (χ0) is 14.7. The number of thiophene rings is 1. The molecule has 0 fully saturated rings. The van der Waals surface area contributed by atoms with Crippen molar-refractivity contribution in [2.75, 3.05) is 5.32 Å². The van der Waals surface area contributed by atoms with E-state index in [9.17, 15) is 4.79 Å². The number of anilines is 1. The highest BCUT2D eigenvalue weighted by Crippen LogP contribution is 2.16. The maximum absolute atomic E-state index is 11.7. The molecule has 2 amide bonds. The highest BCUT2D eigenvalue weighted by molar-refractivity contribution is 7.15. The molecule has 3 aromatic rings. The van der Waals surface area contributed by atoms with Crippen molar-refractivity contribution in [1.82, 2.24) is 25.3 Å². The molecule has 21 heavy (non-hydrogen) atoms. The molecular formula is C12H12N6OS2. The van der Waals surface area contributed by atoms with Gasteiger partial charge in [0.2, 0.25) is 0 Å². The molecule has 108 valence electrons. The quantitative estimate of drug-likeness (QED) is 0.773. The topological polar surface area (TPSA) is 84.7 Å². The third-order valence-corrected chi connectivity index (χ3v) is 4.23. The predicted molar refractivity (Wildman–Crippen MR) is 81.9 cm³/mol. The summed E-state index contributed by atoms with van der Waals surface area (Å²) >= 11 is 3.00. The molecule has 0 aliphatic carbocycles. The Kier molecular flexibility index (Phi) is 3.93. The first-order valence-corrected chi connectivity index (χ1v) is 7.83. The van der Waals surface area contributed by atoms with E-state index in [0.717, 1.165) is 9.88 Å². The number of carbonyl (C=O) groups is 1. The van der Waals surface area contributed by atoms with Gasteiger partial charge in [-0.25, -0.2) is 14.5 Å². The molecule has 0 atom stereocenters. The highest BCUT2D eigenvalue weighted by atomic mass is 32.1. The molecule has 0 aliphatic heterocycles. The molecule has 0 bridgehead atoms. The summed E-state index contributed by atoms with van der Waals surface area (Å²) in [4.78, 5) is 16.8. The van der Waals surface area contributed by atoms with Gasteiger partial charge < -0.3 is 5.32 Å². The van der Waals surface area contributed by atoms with Gasteiger partial charge in [-0.05, 0) is 24.4 Å². The van der Waals surface area contributed by atoms with Crippen molar-refractivity contribution >= 4 is 33.8 Å². The fourth-order valence-corrected chi connectivity index (χ4v) is 2.92. The summed E-state index contributed by atoms with van der Waals surface area (Å²) in [6.45, 7) is 2.24. The Bertz CT molecular complexity index is 733. The zero-order valence-corrected chi connectivity index (χ0v) is 12.7. The van der Waals surface area contributed by atoms with Crippen LogP contribution in [0.3, 0.4) is 0 Å². The van der Waals surface area contributed by atoms with Crippen molar-refractivity contribution in [2.24, 2.45) is 0 Å². The molecule has 0 aliphatic rings. The monoisotopic (exact) mass is 320 g/mol. The van der Waals surface area contributed by atoms with Crippen LogP contribution in [0.25, 0.3) is 5.00 Å². The molecule has 0 saturated carbocycles. The first-order chi connectivity index (χ1) is 10.2. The summed E-state index contributed by atoms with van der Waals surface area (Å²) in [5, 5.41) is 17.0. The van der Waals surface area contributed by atoms with E-state index in [2.05, 4.69) is 25.9 Å². The molecule has 0 radical (unpaired) electrons. The molecule has 3 heterocycles. The van der Waals surface area contributed by atoms with E-state index in [-0.39, 0.29) is 6.03 Å². The lowest BCUT2D eigenvalue weighted by atomic mass is 10.5. The van der Waals surface area contributed by atoms with Crippen LogP contribution in [0, 0.1) is 6.92 Å². The summed E-state index contributed by atoms with van der Waals surface area (Å²) < 4.78 is 1.68. The summed E-state index contributed by atoms with van der Waals surface area (Å²) in [5.41, 5.74) is 0.689. The Morgan fingerprint density at radius 2 is 2.38 bits per heavy atom. The van der Waals surface area contributed by atoms with Gasteiger partial charge in [0, 0.05) is 11.1 Å². The number of hydrogen-bond donors (Lipinski definition) is 2. The van der Waals surface area contributed by atoms with Gasteiger partial charge in [0.05, 0.1) is 12.7 Å². The van der Waals surface area contributed by atoms with Gasteiger partial charge in [-0.15, -0.1) is 27.8 Å². The summed E-state index contributed by atoms with van der Waals surface area (Å²) in [6.07, 6.45) is 3.51. The van der Waals surface area contributed by atoms with Gasteiger partial charge in [-0.3, -0.25) is 5.32 Å². The van der Waals surface area contributed by atoms with Crippen LogP contribution in [0.4, 0.5) is 9.93 Å². The second kappa shape index (κ2) is 6.02. The van der Waals surface area contributed by atoms with Crippen molar-refractivity contribution in [2.45, 2.75) is 13.5 Å². The predicted octanol–water partition coefficient (Wildman–Crippen LogP) is 2.42. The van der Waals surface area contributed by atoms with Crippen LogP contribution in [0.15, 0.2) is 29.9 Å². The number of hydrogen-bond acceptors (Lipinski definition) is 6. The summed E-state index contributed by atoms with van der Waals surface area (Å²) in [6, 6.07) is 3.59. The Morgan fingerprint density at radius 1 is 1.48 bits per heavy atom. The minimum absolute atomic E-state index is 0.307. The van der Waals surface area contributed by atoms with E-state index >= 15 is 0 Å². The Morgan fingerprint density at radius 3 is 3.10 bits per heavy atom. The lowest BCUT2D eigenvalue weighted by Gasteiger charge is -2.02. The fraction of sp³-hybridized carbons (Fsp3) is 0.167. The van der Waals surface area contributed by atoms with E-state index < -0.39 is 0 Å². The van der Waals surface area contributed by atoms with Gasteiger partial charge in [-0.2, -0.15) is 0 Å². The molecule has 0 saturated heterocycles. The van der Waals surface area contributed by atoms with Gasteiger partial charge in [-0.1, -0.05) is 5.21 Å². The van der Waals surface area contributed by atoms with Crippen molar-refractivity contribution in [3.05, 3.63) is 40.5 Å². The van der Waals surface area contributed by atoms with E-state index in [1.54, 1.807) is 28.4 Å².